The summed E-state index contributed by atoms with van der Waals surface area (Å²) < 4.78 is 11.2. The van der Waals surface area contributed by atoms with Gasteiger partial charge in [0.1, 0.15) is 18.8 Å². The molecule has 1 amide bonds. The highest BCUT2D eigenvalue weighted by Gasteiger charge is 2.58. The number of aliphatic hydroxyl groups excluding tert-OH is 1. The van der Waals surface area contributed by atoms with Crippen LogP contribution < -0.4 is 5.32 Å². The Morgan fingerprint density at radius 2 is 1.85 bits per heavy atom. The molecule has 0 spiro atoms. The van der Waals surface area contributed by atoms with E-state index in [1.807, 2.05) is 0 Å². The van der Waals surface area contributed by atoms with Crippen molar-refractivity contribution in [3.05, 3.63) is 11.6 Å². The number of carbonyl (C=O) groups excluding carboxylic acids is 2. The number of nitrogens with one attached hydrogen (secondary N) is 1. The highest BCUT2D eigenvalue weighted by Crippen LogP contribution is 2.65. The largest absolute Gasteiger partial charge is 0.459 e. The fourth-order valence-electron chi connectivity index (χ4n) is 7.58. The minimum absolute atomic E-state index is 0.0425. The van der Waals surface area contributed by atoms with Crippen molar-refractivity contribution in [2.24, 2.45) is 28.6 Å². The van der Waals surface area contributed by atoms with Crippen molar-refractivity contribution in [1.82, 2.24) is 5.32 Å². The van der Waals surface area contributed by atoms with E-state index in [2.05, 4.69) is 25.2 Å². The SMILES string of the molecule is CC(C)(C)OC(=O)CNC(=O)CO[C@@H]1C=C2CCC3C(CCC4(C)C(O)CCC34)C2(C)CC1. The number of rotatable bonds is 5. The molecule has 4 aliphatic rings. The third kappa shape index (κ3) is 4.88. The minimum Gasteiger partial charge on any atom is -0.459 e. The second-order valence-corrected chi connectivity index (χ2v) is 12.4. The molecule has 0 heterocycles. The Labute approximate surface area is 198 Å². The lowest BCUT2D eigenvalue weighted by molar-refractivity contribution is -0.154. The van der Waals surface area contributed by atoms with Crippen molar-refractivity contribution in [1.29, 1.82) is 0 Å². The van der Waals surface area contributed by atoms with Crippen molar-refractivity contribution >= 4 is 11.9 Å². The highest BCUT2D eigenvalue weighted by atomic mass is 16.6. The zero-order valence-electron chi connectivity index (χ0n) is 21.1. The molecule has 0 radical (unpaired) electrons. The summed E-state index contributed by atoms with van der Waals surface area (Å²) in [7, 11) is 0. The molecular formula is C27H43NO5. The molecule has 6 nitrogen and oxygen atoms in total. The predicted octanol–water partition coefficient (Wildman–Crippen LogP) is 4.15. The fraction of sp³-hybridized carbons (Fsp3) is 0.852. The first-order valence-corrected chi connectivity index (χ1v) is 12.9. The third-order valence-electron chi connectivity index (χ3n) is 9.30. The van der Waals surface area contributed by atoms with Crippen LogP contribution in [0.15, 0.2) is 11.6 Å². The van der Waals surface area contributed by atoms with E-state index in [4.69, 9.17) is 9.47 Å². The molecule has 0 aromatic rings. The Bertz CT molecular complexity index is 801. The van der Waals surface area contributed by atoms with Crippen LogP contribution in [0.1, 0.15) is 86.0 Å². The van der Waals surface area contributed by atoms with Gasteiger partial charge in [-0.15, -0.1) is 0 Å². The van der Waals surface area contributed by atoms with Gasteiger partial charge < -0.3 is 19.9 Å². The van der Waals surface area contributed by atoms with E-state index >= 15 is 0 Å². The number of hydrogen-bond acceptors (Lipinski definition) is 5. The molecule has 7 atom stereocenters. The second-order valence-electron chi connectivity index (χ2n) is 12.4. The number of esters is 1. The van der Waals surface area contributed by atoms with Crippen LogP contribution in [0.5, 0.6) is 0 Å². The molecule has 4 aliphatic carbocycles. The lowest BCUT2D eigenvalue weighted by Gasteiger charge is -2.58. The molecule has 6 heteroatoms. The maximum atomic E-state index is 12.2. The second kappa shape index (κ2) is 8.99. The van der Waals surface area contributed by atoms with Gasteiger partial charge in [-0.1, -0.05) is 25.5 Å². The predicted molar refractivity (Wildman–Crippen MR) is 126 cm³/mol. The first-order chi connectivity index (χ1) is 15.4. The van der Waals surface area contributed by atoms with E-state index in [1.165, 1.54) is 24.8 Å². The Morgan fingerprint density at radius 3 is 2.58 bits per heavy atom. The zero-order chi connectivity index (χ0) is 24.0. The molecule has 3 fully saturated rings. The summed E-state index contributed by atoms with van der Waals surface area (Å²) in [5.41, 5.74) is 1.28. The lowest BCUT2D eigenvalue weighted by atomic mass is 9.47. The molecule has 3 saturated carbocycles. The molecule has 186 valence electrons. The number of ether oxygens (including phenoxy) is 2. The minimum atomic E-state index is -0.563. The maximum Gasteiger partial charge on any atom is 0.325 e. The average Bonchev–Trinajstić information content (AvgIpc) is 3.04. The van der Waals surface area contributed by atoms with E-state index in [9.17, 15) is 14.7 Å². The summed E-state index contributed by atoms with van der Waals surface area (Å²) in [6, 6.07) is 0. The van der Waals surface area contributed by atoms with Crippen LogP contribution in [0.4, 0.5) is 0 Å². The molecule has 6 unspecified atom stereocenters. The number of hydrogen-bond donors (Lipinski definition) is 2. The van der Waals surface area contributed by atoms with Crippen molar-refractivity contribution < 1.29 is 24.2 Å². The molecule has 2 N–H and O–H groups in total. The van der Waals surface area contributed by atoms with Gasteiger partial charge in [0.15, 0.2) is 0 Å². The number of amides is 1. The normalized spacial score (nSPS) is 40.2. The van der Waals surface area contributed by atoms with Crippen molar-refractivity contribution in [3.8, 4) is 0 Å². The van der Waals surface area contributed by atoms with Crippen molar-refractivity contribution in [2.75, 3.05) is 13.2 Å². The van der Waals surface area contributed by atoms with Crippen LogP contribution in [0, 0.1) is 28.6 Å². The van der Waals surface area contributed by atoms with Gasteiger partial charge in [0.2, 0.25) is 5.91 Å². The van der Waals surface area contributed by atoms with Gasteiger partial charge in [-0.2, -0.15) is 0 Å². The third-order valence-corrected chi connectivity index (χ3v) is 9.30. The summed E-state index contributed by atoms with van der Waals surface area (Å²) in [5, 5.41) is 13.2. The molecule has 33 heavy (non-hydrogen) atoms. The summed E-state index contributed by atoms with van der Waals surface area (Å²) >= 11 is 0. The first-order valence-electron chi connectivity index (χ1n) is 12.9. The Hall–Kier alpha value is -1.40. The van der Waals surface area contributed by atoms with Gasteiger partial charge in [-0.25, -0.2) is 0 Å². The van der Waals surface area contributed by atoms with Crippen molar-refractivity contribution in [2.45, 2.75) is 104 Å². The molecule has 0 bridgehead atoms. The van der Waals surface area contributed by atoms with Crippen LogP contribution >= 0.6 is 0 Å². The zero-order valence-corrected chi connectivity index (χ0v) is 21.1. The van der Waals surface area contributed by atoms with E-state index in [0.717, 1.165) is 38.0 Å². The lowest BCUT2D eigenvalue weighted by Crippen LogP contribution is -2.51. The Balaban J connectivity index is 1.31. The number of fused-ring (bicyclic) bond motifs is 5. The number of allylic oxidation sites excluding steroid dienone is 1. The van der Waals surface area contributed by atoms with E-state index in [-0.39, 0.29) is 42.1 Å². The van der Waals surface area contributed by atoms with Crippen LogP contribution in [-0.2, 0) is 19.1 Å². The molecule has 4 rings (SSSR count). The maximum absolute atomic E-state index is 12.2. The quantitative estimate of drug-likeness (QED) is 0.475. The average molecular weight is 462 g/mol. The van der Waals surface area contributed by atoms with Crippen LogP contribution in [0.2, 0.25) is 0 Å². The van der Waals surface area contributed by atoms with Crippen LogP contribution in [0.3, 0.4) is 0 Å². The Morgan fingerprint density at radius 1 is 1.09 bits per heavy atom. The number of carbonyl (C=O) groups is 2. The first kappa shape index (κ1) is 24.7. The summed E-state index contributed by atoms with van der Waals surface area (Å²) in [5.74, 6) is 1.34. The number of aliphatic hydroxyl groups is 1. The highest BCUT2D eigenvalue weighted by molar-refractivity contribution is 5.82. The van der Waals surface area contributed by atoms with E-state index in [0.29, 0.717) is 11.8 Å². The van der Waals surface area contributed by atoms with E-state index < -0.39 is 11.6 Å². The fourth-order valence-corrected chi connectivity index (χ4v) is 7.58. The smallest absolute Gasteiger partial charge is 0.325 e. The van der Waals surface area contributed by atoms with Gasteiger partial charge >= 0.3 is 5.97 Å². The molecule has 0 saturated heterocycles. The Kier molecular flexibility index (Phi) is 6.74. The summed E-state index contributed by atoms with van der Waals surface area (Å²) in [4.78, 5) is 23.9. The van der Waals surface area contributed by atoms with Gasteiger partial charge in [-0.05, 0) is 101 Å². The van der Waals surface area contributed by atoms with Gasteiger partial charge in [0, 0.05) is 0 Å². The van der Waals surface area contributed by atoms with Crippen LogP contribution in [-0.4, -0.2) is 47.9 Å². The molecule has 0 aliphatic heterocycles. The molecular weight excluding hydrogens is 418 g/mol. The molecule has 0 aromatic heterocycles. The van der Waals surface area contributed by atoms with Gasteiger partial charge in [0.05, 0.1) is 12.2 Å². The monoisotopic (exact) mass is 461 g/mol. The summed E-state index contributed by atoms with van der Waals surface area (Å²) in [6.07, 6.45) is 10.9. The van der Waals surface area contributed by atoms with Gasteiger partial charge in [-0.3, -0.25) is 9.59 Å². The summed E-state index contributed by atoms with van der Waals surface area (Å²) in [6.45, 7) is 10.0. The standard InChI is InChI=1S/C27H43NO5/c1-25(2,3)33-24(31)15-28-23(30)16-32-18-10-12-26(4)17(14-18)6-7-19-20-8-9-22(29)27(20,5)13-11-21(19)26/h14,18-22,29H,6-13,15-16H2,1-5H3,(H,28,30)/t18-,19?,20?,21?,22?,26?,27?/m0/s1. The topological polar surface area (TPSA) is 84.9 Å². The van der Waals surface area contributed by atoms with Gasteiger partial charge in [0.25, 0.3) is 0 Å². The molecule has 0 aromatic carbocycles. The van der Waals surface area contributed by atoms with E-state index in [1.54, 1.807) is 20.8 Å². The van der Waals surface area contributed by atoms with Crippen molar-refractivity contribution in [3.63, 3.8) is 0 Å². The van der Waals surface area contributed by atoms with Crippen LogP contribution in [0.25, 0.3) is 0 Å².